The SMILES string of the molecule is Cc1ccc(CC(N)c2c(C)cccc2C)cc1C. The minimum Gasteiger partial charge on any atom is -0.324 e. The lowest BCUT2D eigenvalue weighted by atomic mass is 9.91. The number of hydrogen-bond acceptors (Lipinski definition) is 1. The summed E-state index contributed by atoms with van der Waals surface area (Å²) in [6.07, 6.45) is 0.896. The van der Waals surface area contributed by atoms with E-state index in [-0.39, 0.29) is 6.04 Å². The zero-order valence-corrected chi connectivity index (χ0v) is 12.3. The maximum atomic E-state index is 6.42. The molecule has 100 valence electrons. The van der Waals surface area contributed by atoms with Crippen molar-refractivity contribution in [2.75, 3.05) is 0 Å². The molecule has 2 N–H and O–H groups in total. The predicted octanol–water partition coefficient (Wildman–Crippen LogP) is 4.16. The van der Waals surface area contributed by atoms with Gasteiger partial charge in [-0.3, -0.25) is 0 Å². The van der Waals surface area contributed by atoms with E-state index in [1.54, 1.807) is 0 Å². The zero-order valence-electron chi connectivity index (χ0n) is 12.3. The molecule has 0 heterocycles. The van der Waals surface area contributed by atoms with Gasteiger partial charge in [0.15, 0.2) is 0 Å². The van der Waals surface area contributed by atoms with E-state index in [0.29, 0.717) is 0 Å². The van der Waals surface area contributed by atoms with Gasteiger partial charge in [0.05, 0.1) is 0 Å². The molecule has 19 heavy (non-hydrogen) atoms. The Morgan fingerprint density at radius 2 is 1.47 bits per heavy atom. The molecule has 0 radical (unpaired) electrons. The highest BCUT2D eigenvalue weighted by Gasteiger charge is 2.12. The second kappa shape index (κ2) is 5.58. The van der Waals surface area contributed by atoms with E-state index >= 15 is 0 Å². The van der Waals surface area contributed by atoms with Crippen LogP contribution in [-0.2, 0) is 6.42 Å². The van der Waals surface area contributed by atoms with Crippen molar-refractivity contribution in [2.24, 2.45) is 5.73 Å². The quantitative estimate of drug-likeness (QED) is 0.873. The highest BCUT2D eigenvalue weighted by atomic mass is 14.6. The summed E-state index contributed by atoms with van der Waals surface area (Å²) in [5, 5.41) is 0. The summed E-state index contributed by atoms with van der Waals surface area (Å²) in [5.41, 5.74) is 14.3. The van der Waals surface area contributed by atoms with E-state index in [1.807, 2.05) is 0 Å². The largest absolute Gasteiger partial charge is 0.324 e. The molecule has 0 fully saturated rings. The smallest absolute Gasteiger partial charge is 0.0341 e. The minimum absolute atomic E-state index is 0.0725. The van der Waals surface area contributed by atoms with Crippen LogP contribution in [0.3, 0.4) is 0 Å². The van der Waals surface area contributed by atoms with E-state index in [9.17, 15) is 0 Å². The molecule has 0 amide bonds. The van der Waals surface area contributed by atoms with Crippen molar-refractivity contribution in [3.05, 3.63) is 69.8 Å². The summed E-state index contributed by atoms with van der Waals surface area (Å²) < 4.78 is 0. The standard InChI is InChI=1S/C18H23N/c1-12-8-9-16(10-15(12)4)11-17(19)18-13(2)6-5-7-14(18)3/h5-10,17H,11,19H2,1-4H3. The van der Waals surface area contributed by atoms with E-state index in [1.165, 1.54) is 33.4 Å². The third kappa shape index (κ3) is 3.05. The molecule has 0 aromatic heterocycles. The summed E-state index contributed by atoms with van der Waals surface area (Å²) >= 11 is 0. The highest BCUT2D eigenvalue weighted by molar-refractivity contribution is 5.38. The Balaban J connectivity index is 2.25. The summed E-state index contributed by atoms with van der Waals surface area (Å²) in [7, 11) is 0. The van der Waals surface area contributed by atoms with Crippen LogP contribution in [0.2, 0.25) is 0 Å². The second-order valence-corrected chi connectivity index (χ2v) is 5.53. The maximum Gasteiger partial charge on any atom is 0.0341 e. The first kappa shape index (κ1) is 13.8. The summed E-state index contributed by atoms with van der Waals surface area (Å²) in [6, 6.07) is 13.1. The fourth-order valence-corrected chi connectivity index (χ4v) is 2.70. The molecule has 1 unspecified atom stereocenters. The lowest BCUT2D eigenvalue weighted by molar-refractivity contribution is 0.710. The van der Waals surface area contributed by atoms with Crippen molar-refractivity contribution in [1.29, 1.82) is 0 Å². The molecule has 2 aromatic carbocycles. The number of nitrogens with two attached hydrogens (primary N) is 1. The van der Waals surface area contributed by atoms with Crippen LogP contribution in [0.1, 0.15) is 39.4 Å². The third-order valence-electron chi connectivity index (χ3n) is 3.94. The van der Waals surface area contributed by atoms with Crippen LogP contribution in [0.25, 0.3) is 0 Å². The Morgan fingerprint density at radius 1 is 0.842 bits per heavy atom. The van der Waals surface area contributed by atoms with Crippen LogP contribution in [0.15, 0.2) is 36.4 Å². The Kier molecular flexibility index (Phi) is 4.06. The molecule has 1 atom stereocenters. The molecule has 0 aliphatic rings. The first-order chi connectivity index (χ1) is 8.99. The molecule has 2 aromatic rings. The van der Waals surface area contributed by atoms with Gasteiger partial charge in [-0.2, -0.15) is 0 Å². The fraction of sp³-hybridized carbons (Fsp3) is 0.333. The monoisotopic (exact) mass is 253 g/mol. The van der Waals surface area contributed by atoms with Gasteiger partial charge >= 0.3 is 0 Å². The van der Waals surface area contributed by atoms with Crippen LogP contribution < -0.4 is 5.73 Å². The highest BCUT2D eigenvalue weighted by Crippen LogP contribution is 2.24. The second-order valence-electron chi connectivity index (χ2n) is 5.53. The van der Waals surface area contributed by atoms with Crippen molar-refractivity contribution in [2.45, 2.75) is 40.2 Å². The van der Waals surface area contributed by atoms with Gasteiger partial charge in [0.2, 0.25) is 0 Å². The third-order valence-corrected chi connectivity index (χ3v) is 3.94. The topological polar surface area (TPSA) is 26.0 Å². The molecule has 2 rings (SSSR count). The number of aryl methyl sites for hydroxylation is 4. The predicted molar refractivity (Wildman–Crippen MR) is 82.5 cm³/mol. The van der Waals surface area contributed by atoms with Crippen LogP contribution in [-0.4, -0.2) is 0 Å². The zero-order chi connectivity index (χ0) is 14.0. The van der Waals surface area contributed by atoms with Crippen molar-refractivity contribution in [3.63, 3.8) is 0 Å². The van der Waals surface area contributed by atoms with Gasteiger partial charge < -0.3 is 5.73 Å². The molecule has 0 bridgehead atoms. The van der Waals surface area contributed by atoms with Crippen LogP contribution in [0.5, 0.6) is 0 Å². The Labute approximate surface area is 116 Å². The molecule has 1 heteroatoms. The Bertz CT molecular complexity index is 564. The molecule has 1 nitrogen and oxygen atoms in total. The first-order valence-electron chi connectivity index (χ1n) is 6.87. The number of benzene rings is 2. The van der Waals surface area contributed by atoms with Gasteiger partial charge in [-0.05, 0) is 67.5 Å². The summed E-state index contributed by atoms with van der Waals surface area (Å²) in [4.78, 5) is 0. The number of rotatable bonds is 3. The fourth-order valence-electron chi connectivity index (χ4n) is 2.70. The van der Waals surface area contributed by atoms with Crippen LogP contribution >= 0.6 is 0 Å². The molecule has 0 aliphatic heterocycles. The van der Waals surface area contributed by atoms with E-state index in [2.05, 4.69) is 64.1 Å². The minimum atomic E-state index is 0.0725. The van der Waals surface area contributed by atoms with Crippen molar-refractivity contribution in [3.8, 4) is 0 Å². The van der Waals surface area contributed by atoms with Crippen molar-refractivity contribution in [1.82, 2.24) is 0 Å². The lowest BCUT2D eigenvalue weighted by Gasteiger charge is -2.18. The Morgan fingerprint density at radius 3 is 2.05 bits per heavy atom. The van der Waals surface area contributed by atoms with Crippen molar-refractivity contribution >= 4 is 0 Å². The molecular formula is C18H23N. The molecule has 0 spiro atoms. The maximum absolute atomic E-state index is 6.42. The van der Waals surface area contributed by atoms with Crippen LogP contribution in [0, 0.1) is 27.7 Å². The molecule has 0 saturated heterocycles. The molecular weight excluding hydrogens is 230 g/mol. The van der Waals surface area contributed by atoms with E-state index in [0.717, 1.165) is 6.42 Å². The summed E-state index contributed by atoms with van der Waals surface area (Å²) in [5.74, 6) is 0. The van der Waals surface area contributed by atoms with E-state index in [4.69, 9.17) is 5.73 Å². The van der Waals surface area contributed by atoms with E-state index < -0.39 is 0 Å². The average Bonchev–Trinajstić information content (AvgIpc) is 2.33. The van der Waals surface area contributed by atoms with Gasteiger partial charge in [0, 0.05) is 6.04 Å². The van der Waals surface area contributed by atoms with Crippen molar-refractivity contribution < 1.29 is 0 Å². The van der Waals surface area contributed by atoms with Gasteiger partial charge in [-0.1, -0.05) is 36.4 Å². The average molecular weight is 253 g/mol. The normalized spacial score (nSPS) is 12.5. The summed E-state index contributed by atoms with van der Waals surface area (Å²) in [6.45, 7) is 8.58. The van der Waals surface area contributed by atoms with Gasteiger partial charge in [0.1, 0.15) is 0 Å². The lowest BCUT2D eigenvalue weighted by Crippen LogP contribution is -2.16. The van der Waals surface area contributed by atoms with Gasteiger partial charge in [-0.25, -0.2) is 0 Å². The first-order valence-corrected chi connectivity index (χ1v) is 6.87. The van der Waals surface area contributed by atoms with Crippen LogP contribution in [0.4, 0.5) is 0 Å². The van der Waals surface area contributed by atoms with Gasteiger partial charge in [-0.15, -0.1) is 0 Å². The molecule has 0 saturated carbocycles. The number of hydrogen-bond donors (Lipinski definition) is 1. The Hall–Kier alpha value is -1.60. The van der Waals surface area contributed by atoms with Gasteiger partial charge in [0.25, 0.3) is 0 Å². The molecule has 0 aliphatic carbocycles.